The molecule has 0 fully saturated rings. The summed E-state index contributed by atoms with van der Waals surface area (Å²) < 4.78 is 0.832. The van der Waals surface area contributed by atoms with Crippen molar-refractivity contribution in [3.8, 4) is 0 Å². The summed E-state index contributed by atoms with van der Waals surface area (Å²) in [5.41, 5.74) is 3.79. The largest absolute Gasteiger partial charge is 0.343 e. The predicted molar refractivity (Wildman–Crippen MR) is 90.9 cm³/mol. The molecular weight excluding hydrogens is 395 g/mol. The number of hydroxylamine groups is 1. The van der Waals surface area contributed by atoms with Crippen LogP contribution in [0.25, 0.3) is 0 Å². The molecule has 0 spiro atoms. The normalized spacial score (nSPS) is 10.0. The minimum Gasteiger partial charge on any atom is -0.343 e. The Labute approximate surface area is 142 Å². The van der Waals surface area contributed by atoms with Crippen LogP contribution in [0.5, 0.6) is 0 Å². The molecule has 22 heavy (non-hydrogen) atoms. The molecule has 0 saturated carbocycles. The lowest BCUT2D eigenvalue weighted by Gasteiger charge is -2.08. The van der Waals surface area contributed by atoms with Crippen LogP contribution in [0.15, 0.2) is 54.6 Å². The molecule has 0 aromatic heterocycles. The number of amides is 2. The lowest BCUT2D eigenvalue weighted by Crippen LogP contribution is -2.37. The van der Waals surface area contributed by atoms with Crippen molar-refractivity contribution in [1.29, 1.82) is 0 Å². The molecule has 0 aliphatic carbocycles. The third kappa shape index (κ3) is 5.12. The number of hydrogen-bond acceptors (Lipinski definition) is 3. The maximum atomic E-state index is 11.9. The second-order valence-corrected chi connectivity index (χ2v) is 5.62. The molecule has 2 rings (SSSR count). The zero-order valence-corrected chi connectivity index (χ0v) is 13.9. The zero-order valence-electron chi connectivity index (χ0n) is 11.7. The Kier molecular flexibility index (Phi) is 6.35. The molecule has 6 heteroatoms. The molecule has 2 aromatic rings. The van der Waals surface area contributed by atoms with E-state index in [9.17, 15) is 9.59 Å². The van der Waals surface area contributed by atoms with Crippen LogP contribution < -0.4 is 10.8 Å². The summed E-state index contributed by atoms with van der Waals surface area (Å²) in [6.45, 7) is 0.135. The van der Waals surface area contributed by atoms with Gasteiger partial charge in [-0.25, -0.2) is 5.48 Å². The van der Waals surface area contributed by atoms with Crippen LogP contribution in [0, 0.1) is 3.57 Å². The van der Waals surface area contributed by atoms with E-state index in [2.05, 4.69) is 33.4 Å². The molecule has 0 unspecified atom stereocenters. The highest BCUT2D eigenvalue weighted by Gasteiger charge is 2.10. The fourth-order valence-electron chi connectivity index (χ4n) is 1.71. The van der Waals surface area contributed by atoms with Gasteiger partial charge >= 0.3 is 0 Å². The van der Waals surface area contributed by atoms with Gasteiger partial charge in [0.05, 0.1) is 18.7 Å². The smallest absolute Gasteiger partial charge is 0.262 e. The monoisotopic (exact) mass is 410 g/mol. The lowest BCUT2D eigenvalue weighted by molar-refractivity contribution is -0.133. The van der Waals surface area contributed by atoms with Crippen molar-refractivity contribution < 1.29 is 14.4 Å². The fourth-order valence-corrected chi connectivity index (χ4v) is 2.34. The summed E-state index contributed by atoms with van der Waals surface area (Å²) in [7, 11) is 0. The Morgan fingerprint density at radius 2 is 1.68 bits per heavy atom. The van der Waals surface area contributed by atoms with Gasteiger partial charge in [0.2, 0.25) is 0 Å². The highest BCUT2D eigenvalue weighted by atomic mass is 127. The Morgan fingerprint density at radius 1 is 1.00 bits per heavy atom. The van der Waals surface area contributed by atoms with E-state index < -0.39 is 5.91 Å². The first-order valence-electron chi connectivity index (χ1n) is 6.64. The van der Waals surface area contributed by atoms with E-state index in [0.717, 1.165) is 9.13 Å². The Hall–Kier alpha value is -1.93. The van der Waals surface area contributed by atoms with Crippen molar-refractivity contribution in [2.75, 3.05) is 6.54 Å². The van der Waals surface area contributed by atoms with Gasteiger partial charge in [-0.15, -0.1) is 0 Å². The molecule has 0 heterocycles. The molecule has 0 aliphatic heterocycles. The summed E-state index contributed by atoms with van der Waals surface area (Å²) in [6.07, 6.45) is 0. The second kappa shape index (κ2) is 8.50. The van der Waals surface area contributed by atoms with Crippen molar-refractivity contribution in [2.24, 2.45) is 0 Å². The zero-order chi connectivity index (χ0) is 15.8. The quantitative estimate of drug-likeness (QED) is 0.567. The van der Waals surface area contributed by atoms with E-state index in [1.54, 1.807) is 12.1 Å². The summed E-state index contributed by atoms with van der Waals surface area (Å²) in [4.78, 5) is 28.6. The number of halogens is 1. The van der Waals surface area contributed by atoms with Crippen molar-refractivity contribution in [3.63, 3.8) is 0 Å². The molecule has 114 valence electrons. The van der Waals surface area contributed by atoms with Gasteiger partial charge in [-0.3, -0.25) is 14.4 Å². The Bertz CT molecular complexity index is 647. The average molecular weight is 410 g/mol. The fraction of sp³-hybridized carbons (Fsp3) is 0.125. The highest BCUT2D eigenvalue weighted by Crippen LogP contribution is 2.10. The van der Waals surface area contributed by atoms with Crippen LogP contribution in [-0.2, 0) is 16.2 Å². The highest BCUT2D eigenvalue weighted by molar-refractivity contribution is 14.1. The van der Waals surface area contributed by atoms with Crippen molar-refractivity contribution >= 4 is 34.4 Å². The Morgan fingerprint density at radius 3 is 2.41 bits per heavy atom. The van der Waals surface area contributed by atoms with Crippen LogP contribution >= 0.6 is 22.6 Å². The van der Waals surface area contributed by atoms with Crippen molar-refractivity contribution in [1.82, 2.24) is 10.8 Å². The van der Waals surface area contributed by atoms with Crippen molar-refractivity contribution in [3.05, 3.63) is 69.3 Å². The van der Waals surface area contributed by atoms with Gasteiger partial charge < -0.3 is 5.32 Å². The maximum absolute atomic E-state index is 11.9. The lowest BCUT2D eigenvalue weighted by atomic mass is 10.2. The van der Waals surface area contributed by atoms with E-state index in [1.165, 1.54) is 0 Å². The van der Waals surface area contributed by atoms with E-state index in [-0.39, 0.29) is 19.1 Å². The molecule has 5 nitrogen and oxygen atoms in total. The van der Waals surface area contributed by atoms with Gasteiger partial charge in [0, 0.05) is 3.57 Å². The Balaban J connectivity index is 1.72. The van der Waals surface area contributed by atoms with Crippen LogP contribution in [0.3, 0.4) is 0 Å². The maximum Gasteiger partial charge on any atom is 0.262 e. The molecule has 0 saturated heterocycles. The SMILES string of the molecule is O=C(CNC(=O)c1ccccc1I)NOCc1ccccc1. The van der Waals surface area contributed by atoms with Gasteiger partial charge in [0.15, 0.2) is 0 Å². The van der Waals surface area contributed by atoms with E-state index >= 15 is 0 Å². The van der Waals surface area contributed by atoms with E-state index in [1.807, 2.05) is 42.5 Å². The number of benzene rings is 2. The van der Waals surface area contributed by atoms with Crippen LogP contribution in [0.2, 0.25) is 0 Å². The van der Waals surface area contributed by atoms with Gasteiger partial charge in [-0.05, 0) is 40.3 Å². The molecular formula is C16H15IN2O3. The number of nitrogens with one attached hydrogen (secondary N) is 2. The first-order chi connectivity index (χ1) is 10.7. The number of rotatable bonds is 6. The minimum absolute atomic E-state index is 0.140. The van der Waals surface area contributed by atoms with Crippen molar-refractivity contribution in [2.45, 2.75) is 6.61 Å². The number of carbonyl (C=O) groups excluding carboxylic acids is 2. The summed E-state index contributed by atoms with van der Waals surface area (Å²) in [5, 5.41) is 2.55. The van der Waals surface area contributed by atoms with Gasteiger partial charge in [0.1, 0.15) is 0 Å². The molecule has 0 radical (unpaired) electrons. The molecule has 2 amide bonds. The summed E-state index contributed by atoms with van der Waals surface area (Å²) in [5.74, 6) is -0.696. The summed E-state index contributed by atoms with van der Waals surface area (Å²) >= 11 is 2.08. The molecule has 0 bridgehead atoms. The predicted octanol–water partition coefficient (Wildman–Crippen LogP) is 2.27. The van der Waals surface area contributed by atoms with E-state index in [4.69, 9.17) is 4.84 Å². The number of carbonyl (C=O) groups is 2. The average Bonchev–Trinajstić information content (AvgIpc) is 2.54. The summed E-state index contributed by atoms with van der Waals surface area (Å²) in [6, 6.07) is 16.6. The molecule has 0 atom stereocenters. The second-order valence-electron chi connectivity index (χ2n) is 4.46. The van der Waals surface area contributed by atoms with Crippen LogP contribution in [0.4, 0.5) is 0 Å². The number of hydrogen-bond donors (Lipinski definition) is 2. The van der Waals surface area contributed by atoms with Gasteiger partial charge in [-0.2, -0.15) is 0 Å². The van der Waals surface area contributed by atoms with Gasteiger partial charge in [-0.1, -0.05) is 42.5 Å². The molecule has 2 N–H and O–H groups in total. The van der Waals surface area contributed by atoms with Crippen LogP contribution in [0.1, 0.15) is 15.9 Å². The third-order valence-electron chi connectivity index (χ3n) is 2.80. The standard InChI is InChI=1S/C16H15IN2O3/c17-14-9-5-4-8-13(14)16(21)18-10-15(20)19-22-11-12-6-2-1-3-7-12/h1-9H,10-11H2,(H,18,21)(H,19,20). The van der Waals surface area contributed by atoms with Gasteiger partial charge in [0.25, 0.3) is 11.8 Å². The first kappa shape index (κ1) is 16.4. The topological polar surface area (TPSA) is 67.4 Å². The molecule has 2 aromatic carbocycles. The molecule has 0 aliphatic rings. The van der Waals surface area contributed by atoms with Crippen LogP contribution in [-0.4, -0.2) is 18.4 Å². The first-order valence-corrected chi connectivity index (χ1v) is 7.72. The minimum atomic E-state index is -0.407. The third-order valence-corrected chi connectivity index (χ3v) is 3.74. The van der Waals surface area contributed by atoms with E-state index in [0.29, 0.717) is 5.56 Å².